The fourth-order valence-electron chi connectivity index (χ4n) is 3.16. The highest BCUT2D eigenvalue weighted by molar-refractivity contribution is 5.68. The van der Waals surface area contributed by atoms with Gasteiger partial charge in [0.15, 0.2) is 11.5 Å². The molecule has 0 spiro atoms. The number of nitrogens with zero attached hydrogens (tertiary/aromatic N) is 6. The predicted molar refractivity (Wildman–Crippen MR) is 99.6 cm³/mol. The van der Waals surface area contributed by atoms with E-state index in [-0.39, 0.29) is 0 Å². The van der Waals surface area contributed by atoms with Crippen LogP contribution in [0, 0.1) is 20.8 Å². The van der Waals surface area contributed by atoms with E-state index in [1.807, 2.05) is 36.7 Å². The van der Waals surface area contributed by atoms with Gasteiger partial charge in [-0.15, -0.1) is 5.10 Å². The molecular weight excluding hydrogens is 312 g/mol. The highest BCUT2D eigenvalue weighted by atomic mass is 15.3. The van der Waals surface area contributed by atoms with Gasteiger partial charge in [0.2, 0.25) is 0 Å². The maximum absolute atomic E-state index is 4.82. The van der Waals surface area contributed by atoms with Gasteiger partial charge in [-0.1, -0.05) is 6.07 Å². The Kier molecular flexibility index (Phi) is 3.95. The Labute approximate surface area is 147 Å². The van der Waals surface area contributed by atoms with Gasteiger partial charge in [0.05, 0.1) is 17.1 Å². The van der Waals surface area contributed by atoms with E-state index in [1.165, 1.54) is 12.8 Å². The van der Waals surface area contributed by atoms with E-state index in [4.69, 9.17) is 4.98 Å². The molecular formula is C19H22N6. The Morgan fingerprint density at radius 2 is 1.80 bits per heavy atom. The summed E-state index contributed by atoms with van der Waals surface area (Å²) in [6.07, 6.45) is 8.24. The van der Waals surface area contributed by atoms with Crippen molar-refractivity contribution in [2.45, 2.75) is 33.6 Å². The second kappa shape index (κ2) is 6.27. The number of hydrogen-bond donors (Lipinski definition) is 0. The Hall–Kier alpha value is -2.76. The molecule has 4 rings (SSSR count). The lowest BCUT2D eigenvalue weighted by Gasteiger charge is -2.17. The van der Waals surface area contributed by atoms with Crippen LogP contribution in [-0.4, -0.2) is 37.7 Å². The third-order valence-electron chi connectivity index (χ3n) is 4.67. The first kappa shape index (κ1) is 15.7. The minimum Gasteiger partial charge on any atom is -0.357 e. The number of hydrogen-bond acceptors (Lipinski definition) is 5. The fraction of sp³-hybridized carbons (Fsp3) is 0.368. The van der Waals surface area contributed by atoms with E-state index >= 15 is 0 Å². The largest absolute Gasteiger partial charge is 0.357 e. The van der Waals surface area contributed by atoms with Gasteiger partial charge < -0.3 is 4.90 Å². The Bertz CT molecular complexity index is 911. The molecule has 0 radical (unpaired) electrons. The van der Waals surface area contributed by atoms with E-state index in [9.17, 15) is 0 Å². The zero-order valence-corrected chi connectivity index (χ0v) is 14.9. The smallest absolute Gasteiger partial charge is 0.177 e. The molecule has 0 bridgehead atoms. The minimum absolute atomic E-state index is 0.673. The summed E-state index contributed by atoms with van der Waals surface area (Å²) in [7, 11) is 0. The van der Waals surface area contributed by atoms with Crippen molar-refractivity contribution in [1.82, 2.24) is 24.6 Å². The lowest BCUT2D eigenvalue weighted by atomic mass is 10.2. The highest BCUT2D eigenvalue weighted by Gasteiger charge is 2.14. The second-order valence-electron chi connectivity index (χ2n) is 6.59. The predicted octanol–water partition coefficient (Wildman–Crippen LogP) is 3.22. The molecule has 1 aliphatic heterocycles. The number of aryl methyl sites for hydroxylation is 3. The van der Waals surface area contributed by atoms with Crippen LogP contribution in [0.1, 0.15) is 41.3 Å². The first-order valence-corrected chi connectivity index (χ1v) is 8.71. The molecule has 0 atom stereocenters. The number of fused-ring (bicyclic) bond motifs is 1. The molecule has 3 aromatic heterocycles. The quantitative estimate of drug-likeness (QED) is 0.736. The molecule has 1 aliphatic rings. The summed E-state index contributed by atoms with van der Waals surface area (Å²) in [5.41, 5.74) is 4.77. The molecule has 0 aromatic carbocycles. The number of aromatic nitrogens is 5. The molecule has 6 nitrogen and oxygen atoms in total. The summed E-state index contributed by atoms with van der Waals surface area (Å²) in [5, 5.41) is 4.56. The van der Waals surface area contributed by atoms with Crippen molar-refractivity contribution < 1.29 is 0 Å². The van der Waals surface area contributed by atoms with Crippen LogP contribution >= 0.6 is 0 Å². The molecule has 3 aromatic rings. The molecule has 6 heteroatoms. The third kappa shape index (κ3) is 2.99. The van der Waals surface area contributed by atoms with Crippen molar-refractivity contribution in [3.05, 3.63) is 46.8 Å². The van der Waals surface area contributed by atoms with Gasteiger partial charge in [-0.2, -0.15) is 0 Å². The number of anilines is 1. The molecule has 0 saturated carbocycles. The molecule has 0 N–H and O–H groups in total. The van der Waals surface area contributed by atoms with Crippen LogP contribution in [0.5, 0.6) is 0 Å². The fourth-order valence-corrected chi connectivity index (χ4v) is 3.16. The van der Waals surface area contributed by atoms with Crippen molar-refractivity contribution in [3.8, 4) is 0 Å². The van der Waals surface area contributed by atoms with Gasteiger partial charge in [-0.25, -0.2) is 14.5 Å². The average molecular weight is 334 g/mol. The standard InChI is InChI=1S/C19H22N6/c1-13-6-9-18(24-10-4-5-11-24)21-16(13)7-8-17-22-19-15(3)20-12-14(2)25(19)23-17/h6-9,12H,4-5,10-11H2,1-3H3. The minimum atomic E-state index is 0.673. The summed E-state index contributed by atoms with van der Waals surface area (Å²) in [5.74, 6) is 1.73. The lowest BCUT2D eigenvalue weighted by Crippen LogP contribution is -2.19. The summed E-state index contributed by atoms with van der Waals surface area (Å²) < 4.78 is 1.84. The van der Waals surface area contributed by atoms with Crippen LogP contribution in [0.2, 0.25) is 0 Å². The van der Waals surface area contributed by atoms with E-state index in [2.05, 4.69) is 39.0 Å². The maximum Gasteiger partial charge on any atom is 0.177 e. The zero-order valence-electron chi connectivity index (χ0n) is 14.9. The van der Waals surface area contributed by atoms with Crippen molar-refractivity contribution in [3.63, 3.8) is 0 Å². The Morgan fingerprint density at radius 1 is 1.00 bits per heavy atom. The van der Waals surface area contributed by atoms with E-state index in [1.54, 1.807) is 0 Å². The van der Waals surface area contributed by atoms with Crippen molar-refractivity contribution in [2.75, 3.05) is 18.0 Å². The van der Waals surface area contributed by atoms with Crippen LogP contribution in [0.15, 0.2) is 18.3 Å². The molecule has 0 amide bonds. The first-order valence-electron chi connectivity index (χ1n) is 8.71. The van der Waals surface area contributed by atoms with Gasteiger partial charge in [-0.3, -0.25) is 4.98 Å². The molecule has 128 valence electrons. The topological polar surface area (TPSA) is 59.2 Å². The number of rotatable bonds is 3. The maximum atomic E-state index is 4.82. The van der Waals surface area contributed by atoms with Crippen molar-refractivity contribution >= 4 is 23.6 Å². The zero-order chi connectivity index (χ0) is 17.4. The number of pyridine rings is 1. The van der Waals surface area contributed by atoms with E-state index in [0.717, 1.165) is 47.2 Å². The second-order valence-corrected chi connectivity index (χ2v) is 6.59. The Balaban J connectivity index is 1.66. The summed E-state index contributed by atoms with van der Waals surface area (Å²) in [6.45, 7) is 8.20. The normalized spacial score (nSPS) is 14.9. The van der Waals surface area contributed by atoms with Crippen molar-refractivity contribution in [2.24, 2.45) is 0 Å². The molecule has 1 saturated heterocycles. The first-order chi connectivity index (χ1) is 12.1. The van der Waals surface area contributed by atoms with Gasteiger partial charge in [-0.05, 0) is 57.4 Å². The van der Waals surface area contributed by atoms with Gasteiger partial charge >= 0.3 is 0 Å². The van der Waals surface area contributed by atoms with Crippen LogP contribution in [-0.2, 0) is 0 Å². The average Bonchev–Trinajstić information content (AvgIpc) is 3.28. The SMILES string of the molecule is Cc1ccc(N2CCCC2)nc1C=Cc1nc2c(C)ncc(C)n2n1. The van der Waals surface area contributed by atoms with Gasteiger partial charge in [0.1, 0.15) is 5.82 Å². The van der Waals surface area contributed by atoms with Gasteiger partial charge in [0.25, 0.3) is 0 Å². The third-order valence-corrected chi connectivity index (χ3v) is 4.67. The molecule has 1 fully saturated rings. The van der Waals surface area contributed by atoms with Crippen LogP contribution in [0.4, 0.5) is 5.82 Å². The highest BCUT2D eigenvalue weighted by Crippen LogP contribution is 2.20. The van der Waals surface area contributed by atoms with Gasteiger partial charge in [0, 0.05) is 19.3 Å². The monoisotopic (exact) mass is 334 g/mol. The van der Waals surface area contributed by atoms with Crippen LogP contribution in [0.25, 0.3) is 17.8 Å². The molecule has 0 unspecified atom stereocenters. The summed E-state index contributed by atoms with van der Waals surface area (Å²) in [6, 6.07) is 4.25. The molecule has 25 heavy (non-hydrogen) atoms. The van der Waals surface area contributed by atoms with E-state index in [0.29, 0.717) is 5.82 Å². The van der Waals surface area contributed by atoms with Crippen molar-refractivity contribution in [1.29, 1.82) is 0 Å². The summed E-state index contributed by atoms with van der Waals surface area (Å²) in [4.78, 5) is 16.1. The Morgan fingerprint density at radius 3 is 2.56 bits per heavy atom. The lowest BCUT2D eigenvalue weighted by molar-refractivity contribution is 0.884. The van der Waals surface area contributed by atoms with Crippen LogP contribution in [0.3, 0.4) is 0 Å². The summed E-state index contributed by atoms with van der Waals surface area (Å²) >= 11 is 0. The molecule has 4 heterocycles. The van der Waals surface area contributed by atoms with Crippen LogP contribution < -0.4 is 4.90 Å². The molecule has 0 aliphatic carbocycles. The van der Waals surface area contributed by atoms with E-state index < -0.39 is 0 Å².